The molecule has 136 valence electrons. The Balaban J connectivity index is 1.45. The monoisotopic (exact) mass is 377 g/mol. The maximum absolute atomic E-state index is 13.9. The average molecular weight is 377 g/mol. The number of piperidine rings is 1. The zero-order valence-corrected chi connectivity index (χ0v) is 14.7. The van der Waals surface area contributed by atoms with Crippen molar-refractivity contribution in [2.45, 2.75) is 31.3 Å². The average Bonchev–Trinajstić information content (AvgIpc) is 3.31. The van der Waals surface area contributed by atoms with Crippen LogP contribution in [0.5, 0.6) is 0 Å². The van der Waals surface area contributed by atoms with Crippen molar-refractivity contribution in [2.24, 2.45) is 5.16 Å². The highest BCUT2D eigenvalue weighted by Gasteiger charge is 2.31. The molecule has 26 heavy (non-hydrogen) atoms. The smallest absolute Gasteiger partial charge is 0.209 e. The fourth-order valence-electron chi connectivity index (χ4n) is 3.36. The van der Waals surface area contributed by atoms with Gasteiger partial charge in [0.25, 0.3) is 0 Å². The first-order valence-corrected chi connectivity index (χ1v) is 9.35. The number of rotatable bonds is 4. The molecular weight excluding hydrogens is 360 g/mol. The van der Waals surface area contributed by atoms with E-state index in [4.69, 9.17) is 4.84 Å². The van der Waals surface area contributed by atoms with E-state index in [9.17, 15) is 13.6 Å². The normalized spacial score (nSPS) is 20.8. The minimum absolute atomic E-state index is 0.0945. The Bertz CT molecular complexity index is 826. The zero-order chi connectivity index (χ0) is 18.1. The van der Waals surface area contributed by atoms with Gasteiger partial charge in [-0.1, -0.05) is 11.2 Å². The van der Waals surface area contributed by atoms with Gasteiger partial charge in [-0.15, -0.1) is 11.3 Å². The molecule has 4 rings (SSSR count). The number of oxime groups is 1. The number of likely N-dealkylation sites (tertiary alicyclic amines) is 1. The number of hydrogen-bond donors (Lipinski definition) is 0. The summed E-state index contributed by atoms with van der Waals surface area (Å²) in [7, 11) is 0. The van der Waals surface area contributed by atoms with Crippen LogP contribution in [0.25, 0.3) is 0 Å². The molecule has 1 amide bonds. The summed E-state index contributed by atoms with van der Waals surface area (Å²) in [5.74, 6) is -0.938. The van der Waals surface area contributed by atoms with Gasteiger partial charge in [0, 0.05) is 30.8 Å². The lowest BCUT2D eigenvalue weighted by atomic mass is 9.98. The Labute approximate surface area is 153 Å². The predicted octanol–water partition coefficient (Wildman–Crippen LogP) is 3.62. The van der Waals surface area contributed by atoms with Crippen molar-refractivity contribution in [3.05, 3.63) is 51.5 Å². The first kappa shape index (κ1) is 17.1. The van der Waals surface area contributed by atoms with E-state index in [2.05, 4.69) is 10.1 Å². The molecule has 1 aromatic heterocycles. The summed E-state index contributed by atoms with van der Waals surface area (Å²) < 4.78 is 27.9. The highest BCUT2D eigenvalue weighted by molar-refractivity contribution is 7.10. The third kappa shape index (κ3) is 3.21. The molecule has 3 heterocycles. The van der Waals surface area contributed by atoms with Crippen molar-refractivity contribution in [1.82, 2.24) is 9.88 Å². The molecule has 1 atom stereocenters. The van der Waals surface area contributed by atoms with E-state index in [1.807, 2.05) is 5.38 Å². The molecule has 1 saturated heterocycles. The van der Waals surface area contributed by atoms with Crippen LogP contribution < -0.4 is 0 Å². The predicted molar refractivity (Wildman–Crippen MR) is 93.1 cm³/mol. The highest BCUT2D eigenvalue weighted by Crippen LogP contribution is 2.35. The molecule has 0 bridgehead atoms. The van der Waals surface area contributed by atoms with E-state index in [-0.39, 0.29) is 12.0 Å². The van der Waals surface area contributed by atoms with Crippen LogP contribution in [-0.4, -0.2) is 35.1 Å². The zero-order valence-electron chi connectivity index (χ0n) is 13.9. The fourth-order valence-corrected chi connectivity index (χ4v) is 4.36. The Kier molecular flexibility index (Phi) is 4.67. The summed E-state index contributed by atoms with van der Waals surface area (Å²) in [5.41, 5.74) is 1.20. The fraction of sp³-hybridized carbons (Fsp3) is 0.389. The molecule has 8 heteroatoms. The Morgan fingerprint density at radius 3 is 2.65 bits per heavy atom. The Morgan fingerprint density at radius 2 is 1.96 bits per heavy atom. The third-order valence-electron chi connectivity index (χ3n) is 4.84. The van der Waals surface area contributed by atoms with Gasteiger partial charge in [-0.3, -0.25) is 4.79 Å². The van der Waals surface area contributed by atoms with Gasteiger partial charge >= 0.3 is 0 Å². The molecule has 0 radical (unpaired) electrons. The lowest BCUT2D eigenvalue weighted by Gasteiger charge is -2.27. The number of carbonyl (C=O) groups excluding carboxylic acids is 1. The van der Waals surface area contributed by atoms with Crippen molar-refractivity contribution >= 4 is 23.5 Å². The van der Waals surface area contributed by atoms with Crippen LogP contribution in [0.2, 0.25) is 0 Å². The second-order valence-corrected chi connectivity index (χ2v) is 7.35. The van der Waals surface area contributed by atoms with Crippen molar-refractivity contribution in [3.8, 4) is 0 Å². The van der Waals surface area contributed by atoms with Crippen molar-refractivity contribution < 1.29 is 18.4 Å². The second-order valence-electron chi connectivity index (χ2n) is 6.46. The molecule has 1 fully saturated rings. The summed E-state index contributed by atoms with van der Waals surface area (Å²) in [6, 6.07) is 3.76. The van der Waals surface area contributed by atoms with E-state index >= 15 is 0 Å². The Hall–Kier alpha value is -2.35. The maximum Gasteiger partial charge on any atom is 0.209 e. The van der Waals surface area contributed by atoms with E-state index in [0.29, 0.717) is 17.3 Å². The standard InChI is InChI=1S/C18H17F2N3O2S/c19-12-2-1-3-13(20)17(12)16-8-14(22-25-16)15-9-26-18(21-15)11-4-6-23(10-24)7-5-11/h1-3,9-11,16H,4-8H2. The van der Waals surface area contributed by atoms with Crippen molar-refractivity contribution in [3.63, 3.8) is 0 Å². The second kappa shape index (κ2) is 7.11. The number of aromatic nitrogens is 1. The van der Waals surface area contributed by atoms with Gasteiger partial charge in [0.2, 0.25) is 6.41 Å². The molecule has 0 N–H and O–H groups in total. The summed E-state index contributed by atoms with van der Waals surface area (Å²) in [6.45, 7) is 1.48. The van der Waals surface area contributed by atoms with Crippen LogP contribution in [0.4, 0.5) is 8.78 Å². The summed E-state index contributed by atoms with van der Waals surface area (Å²) >= 11 is 1.55. The minimum Gasteiger partial charge on any atom is -0.387 e. The number of nitrogens with zero attached hydrogens (tertiary/aromatic N) is 3. The molecule has 2 aliphatic rings. The van der Waals surface area contributed by atoms with Crippen LogP contribution in [0.3, 0.4) is 0 Å². The van der Waals surface area contributed by atoms with Crippen LogP contribution in [-0.2, 0) is 9.63 Å². The number of amides is 1. The van der Waals surface area contributed by atoms with E-state index < -0.39 is 17.7 Å². The van der Waals surface area contributed by atoms with Crippen molar-refractivity contribution in [1.29, 1.82) is 0 Å². The van der Waals surface area contributed by atoms with Gasteiger partial charge in [-0.2, -0.15) is 0 Å². The number of carbonyl (C=O) groups is 1. The molecular formula is C18H17F2N3O2S. The molecule has 2 aromatic rings. The topological polar surface area (TPSA) is 54.8 Å². The number of thiazole rings is 1. The third-order valence-corrected chi connectivity index (χ3v) is 5.84. The summed E-state index contributed by atoms with van der Waals surface area (Å²) in [5, 5.41) is 6.92. The maximum atomic E-state index is 13.9. The molecule has 1 unspecified atom stereocenters. The van der Waals surface area contributed by atoms with Crippen LogP contribution >= 0.6 is 11.3 Å². The van der Waals surface area contributed by atoms with Crippen LogP contribution in [0.1, 0.15) is 47.5 Å². The quantitative estimate of drug-likeness (QED) is 0.765. The summed E-state index contributed by atoms with van der Waals surface area (Å²) in [4.78, 5) is 22.5. The number of benzene rings is 1. The van der Waals surface area contributed by atoms with Crippen molar-refractivity contribution in [2.75, 3.05) is 13.1 Å². The SMILES string of the molecule is O=CN1CCC(c2nc(C3=NOC(c4c(F)cccc4F)C3)cs2)CC1. The Morgan fingerprint density at radius 1 is 1.23 bits per heavy atom. The van der Waals surface area contributed by atoms with E-state index in [0.717, 1.165) is 37.3 Å². The van der Waals surface area contributed by atoms with Gasteiger partial charge in [0.05, 0.1) is 16.3 Å². The molecule has 0 spiro atoms. The first-order valence-electron chi connectivity index (χ1n) is 8.47. The lowest BCUT2D eigenvalue weighted by Crippen LogP contribution is -2.31. The van der Waals surface area contributed by atoms with E-state index in [1.165, 1.54) is 18.2 Å². The molecule has 5 nitrogen and oxygen atoms in total. The molecule has 0 saturated carbocycles. The first-order chi connectivity index (χ1) is 12.7. The number of hydrogen-bond acceptors (Lipinski definition) is 5. The molecule has 1 aromatic carbocycles. The van der Waals surface area contributed by atoms with Gasteiger partial charge in [-0.25, -0.2) is 13.8 Å². The lowest BCUT2D eigenvalue weighted by molar-refractivity contribution is -0.119. The van der Waals surface area contributed by atoms with E-state index in [1.54, 1.807) is 16.2 Å². The molecule has 2 aliphatic heterocycles. The minimum atomic E-state index is -0.771. The summed E-state index contributed by atoms with van der Waals surface area (Å²) in [6.07, 6.45) is 2.17. The van der Waals surface area contributed by atoms with Gasteiger partial charge in [0.15, 0.2) is 6.10 Å². The van der Waals surface area contributed by atoms with Gasteiger partial charge in [0.1, 0.15) is 17.3 Å². The van der Waals surface area contributed by atoms with Gasteiger partial charge in [-0.05, 0) is 25.0 Å². The van der Waals surface area contributed by atoms with Gasteiger partial charge < -0.3 is 9.74 Å². The number of halogens is 2. The highest BCUT2D eigenvalue weighted by atomic mass is 32.1. The molecule has 0 aliphatic carbocycles. The largest absolute Gasteiger partial charge is 0.387 e. The van der Waals surface area contributed by atoms with Crippen LogP contribution in [0, 0.1) is 11.6 Å². The van der Waals surface area contributed by atoms with Crippen LogP contribution in [0.15, 0.2) is 28.7 Å².